The number of ether oxygens (including phenoxy) is 1. The van der Waals surface area contributed by atoms with Gasteiger partial charge in [-0.25, -0.2) is 0 Å². The predicted octanol–water partition coefficient (Wildman–Crippen LogP) is 3.48. The third kappa shape index (κ3) is 3.07. The first-order valence-corrected chi connectivity index (χ1v) is 6.96. The van der Waals surface area contributed by atoms with E-state index in [1.54, 1.807) is 0 Å². The van der Waals surface area contributed by atoms with Crippen LogP contribution < -0.4 is 0 Å². The lowest BCUT2D eigenvalue weighted by molar-refractivity contribution is -0.141. The van der Waals surface area contributed by atoms with Crippen molar-refractivity contribution in [3.05, 3.63) is 0 Å². The smallest absolute Gasteiger partial charge is 0.138 e. The summed E-state index contributed by atoms with van der Waals surface area (Å²) in [5.41, 5.74) is 0. The van der Waals surface area contributed by atoms with Crippen LogP contribution in [0.15, 0.2) is 0 Å². The normalized spacial score (nSPS) is 32.9. The topological polar surface area (TPSA) is 26.3 Å². The second-order valence-corrected chi connectivity index (χ2v) is 5.43. The average Bonchev–Trinajstić information content (AvgIpc) is 2.30. The molecule has 1 aliphatic heterocycles. The number of hydrogen-bond acceptors (Lipinski definition) is 2. The van der Waals surface area contributed by atoms with Crippen LogP contribution in [0.5, 0.6) is 0 Å². The van der Waals surface area contributed by atoms with Gasteiger partial charge in [-0.3, -0.25) is 4.79 Å². The van der Waals surface area contributed by atoms with Gasteiger partial charge in [0.1, 0.15) is 5.78 Å². The third-order valence-electron chi connectivity index (χ3n) is 4.04. The van der Waals surface area contributed by atoms with E-state index in [0.29, 0.717) is 24.5 Å². The zero-order chi connectivity index (χ0) is 11.4. The molecule has 2 heteroatoms. The molecule has 1 heterocycles. The van der Waals surface area contributed by atoms with Crippen molar-refractivity contribution in [2.45, 2.75) is 76.9 Å². The van der Waals surface area contributed by atoms with Gasteiger partial charge in [0.15, 0.2) is 0 Å². The second kappa shape index (κ2) is 5.81. The maximum absolute atomic E-state index is 11.7. The maximum atomic E-state index is 11.7. The Morgan fingerprint density at radius 1 is 1.19 bits per heavy atom. The highest BCUT2D eigenvalue weighted by molar-refractivity contribution is 5.80. The summed E-state index contributed by atoms with van der Waals surface area (Å²) in [5, 5.41) is 0. The van der Waals surface area contributed by atoms with Gasteiger partial charge in [-0.2, -0.15) is 0 Å². The molecule has 16 heavy (non-hydrogen) atoms. The van der Waals surface area contributed by atoms with E-state index in [4.69, 9.17) is 4.74 Å². The van der Waals surface area contributed by atoms with E-state index in [9.17, 15) is 4.79 Å². The Bertz CT molecular complexity index is 231. The molecule has 0 aromatic heterocycles. The highest BCUT2D eigenvalue weighted by Crippen LogP contribution is 2.33. The van der Waals surface area contributed by atoms with Gasteiger partial charge in [-0.15, -0.1) is 0 Å². The average molecular weight is 224 g/mol. The Labute approximate surface area is 98.7 Å². The molecular formula is C14H24O2. The Morgan fingerprint density at radius 2 is 1.94 bits per heavy atom. The van der Waals surface area contributed by atoms with E-state index < -0.39 is 0 Å². The van der Waals surface area contributed by atoms with Gasteiger partial charge >= 0.3 is 0 Å². The van der Waals surface area contributed by atoms with Gasteiger partial charge < -0.3 is 4.74 Å². The van der Waals surface area contributed by atoms with Crippen molar-refractivity contribution in [2.24, 2.45) is 5.92 Å². The van der Waals surface area contributed by atoms with Crippen molar-refractivity contribution in [1.29, 1.82) is 0 Å². The minimum Gasteiger partial charge on any atom is -0.374 e. The van der Waals surface area contributed by atoms with Crippen LogP contribution in [0.1, 0.15) is 64.7 Å². The lowest BCUT2D eigenvalue weighted by atomic mass is 9.82. The van der Waals surface area contributed by atoms with Crippen molar-refractivity contribution in [2.75, 3.05) is 0 Å². The largest absolute Gasteiger partial charge is 0.374 e. The molecule has 0 aromatic rings. The summed E-state index contributed by atoms with van der Waals surface area (Å²) in [6.45, 7) is 2.16. The van der Waals surface area contributed by atoms with Gasteiger partial charge in [0.25, 0.3) is 0 Å². The van der Waals surface area contributed by atoms with Crippen molar-refractivity contribution < 1.29 is 9.53 Å². The molecule has 0 amide bonds. The summed E-state index contributed by atoms with van der Waals surface area (Å²) in [6.07, 6.45) is 10.6. The van der Waals surface area contributed by atoms with Crippen LogP contribution in [0.2, 0.25) is 0 Å². The van der Waals surface area contributed by atoms with Gasteiger partial charge in [-0.1, -0.05) is 32.6 Å². The fourth-order valence-corrected chi connectivity index (χ4v) is 3.18. The molecule has 92 valence electrons. The van der Waals surface area contributed by atoms with Gasteiger partial charge in [-0.05, 0) is 25.2 Å². The molecule has 2 fully saturated rings. The Balaban J connectivity index is 1.90. The van der Waals surface area contributed by atoms with Crippen LogP contribution in [0, 0.1) is 5.92 Å². The molecule has 0 unspecified atom stereocenters. The van der Waals surface area contributed by atoms with E-state index in [1.807, 2.05) is 0 Å². The van der Waals surface area contributed by atoms with Crippen LogP contribution in [0.25, 0.3) is 0 Å². The summed E-state index contributed by atoms with van der Waals surface area (Å²) in [6, 6.07) is 0. The van der Waals surface area contributed by atoms with E-state index in [2.05, 4.69) is 6.92 Å². The summed E-state index contributed by atoms with van der Waals surface area (Å²) in [7, 11) is 0. The fraction of sp³-hybridized carbons (Fsp3) is 0.929. The van der Waals surface area contributed by atoms with Crippen LogP contribution in [-0.2, 0) is 9.53 Å². The van der Waals surface area contributed by atoms with Crippen LogP contribution in [-0.4, -0.2) is 18.0 Å². The lowest BCUT2D eigenvalue weighted by Gasteiger charge is -2.36. The zero-order valence-electron chi connectivity index (χ0n) is 10.4. The molecule has 2 rings (SSSR count). The van der Waals surface area contributed by atoms with Crippen molar-refractivity contribution in [1.82, 2.24) is 0 Å². The van der Waals surface area contributed by atoms with Crippen LogP contribution >= 0.6 is 0 Å². The highest BCUT2D eigenvalue weighted by atomic mass is 16.5. The first-order chi connectivity index (χ1) is 7.79. The fourth-order valence-electron chi connectivity index (χ4n) is 3.18. The number of ketones is 1. The predicted molar refractivity (Wildman–Crippen MR) is 64.4 cm³/mol. The first kappa shape index (κ1) is 12.1. The molecule has 1 saturated carbocycles. The summed E-state index contributed by atoms with van der Waals surface area (Å²) in [4.78, 5) is 11.7. The second-order valence-electron chi connectivity index (χ2n) is 5.43. The molecule has 2 aliphatic rings. The monoisotopic (exact) mass is 224 g/mol. The quantitative estimate of drug-likeness (QED) is 0.733. The first-order valence-electron chi connectivity index (χ1n) is 6.96. The Kier molecular flexibility index (Phi) is 4.39. The SMILES string of the molecule is CCC[C@@H]1CC(=O)C[C@H](C2CCCCC2)O1. The number of carbonyl (C=O) groups is 1. The number of carbonyl (C=O) groups excluding carboxylic acids is 1. The minimum absolute atomic E-state index is 0.221. The van der Waals surface area contributed by atoms with Gasteiger partial charge in [0.05, 0.1) is 12.2 Å². The third-order valence-corrected chi connectivity index (χ3v) is 4.04. The summed E-state index contributed by atoms with van der Waals surface area (Å²) in [5.74, 6) is 1.10. The molecular weight excluding hydrogens is 200 g/mol. The number of hydrogen-bond donors (Lipinski definition) is 0. The molecule has 0 aromatic carbocycles. The van der Waals surface area contributed by atoms with Crippen LogP contribution in [0.3, 0.4) is 0 Å². The van der Waals surface area contributed by atoms with E-state index in [0.717, 1.165) is 12.8 Å². The molecule has 2 nitrogen and oxygen atoms in total. The highest BCUT2D eigenvalue weighted by Gasteiger charge is 2.33. The van der Waals surface area contributed by atoms with Crippen molar-refractivity contribution in [3.8, 4) is 0 Å². The van der Waals surface area contributed by atoms with Gasteiger partial charge in [0, 0.05) is 12.8 Å². The molecule has 1 saturated heterocycles. The Morgan fingerprint density at radius 3 is 2.62 bits per heavy atom. The molecule has 0 spiro atoms. The summed E-state index contributed by atoms with van der Waals surface area (Å²) < 4.78 is 6.12. The molecule has 0 N–H and O–H groups in total. The molecule has 0 radical (unpaired) electrons. The maximum Gasteiger partial charge on any atom is 0.138 e. The van der Waals surface area contributed by atoms with E-state index in [1.165, 1.54) is 32.1 Å². The van der Waals surface area contributed by atoms with E-state index >= 15 is 0 Å². The Hall–Kier alpha value is -0.370. The van der Waals surface area contributed by atoms with Gasteiger partial charge in [0.2, 0.25) is 0 Å². The van der Waals surface area contributed by atoms with E-state index in [-0.39, 0.29) is 12.2 Å². The standard InChI is InChI=1S/C14H24O2/c1-2-6-13-9-12(15)10-14(16-13)11-7-4-3-5-8-11/h11,13-14H,2-10H2,1H3/t13-,14-/m1/s1. The van der Waals surface area contributed by atoms with Crippen molar-refractivity contribution in [3.63, 3.8) is 0 Å². The lowest BCUT2D eigenvalue weighted by Crippen LogP contribution is -2.38. The zero-order valence-corrected chi connectivity index (χ0v) is 10.4. The molecule has 1 aliphatic carbocycles. The summed E-state index contributed by atoms with van der Waals surface area (Å²) >= 11 is 0. The molecule has 2 atom stereocenters. The molecule has 0 bridgehead atoms. The number of rotatable bonds is 3. The number of Topliss-reactive ketones (excluding diaryl/α,β-unsaturated/α-hetero) is 1. The minimum atomic E-state index is 0.221. The van der Waals surface area contributed by atoms with Crippen LogP contribution in [0.4, 0.5) is 0 Å². The van der Waals surface area contributed by atoms with Crippen molar-refractivity contribution >= 4 is 5.78 Å².